The number of hydrogen-bond acceptors (Lipinski definition) is 3. The molecule has 112 valence electrons. The van der Waals surface area contributed by atoms with Crippen LogP contribution in [0.2, 0.25) is 0 Å². The predicted molar refractivity (Wildman–Crippen MR) is 93.0 cm³/mol. The van der Waals surface area contributed by atoms with Gasteiger partial charge in [-0.3, -0.25) is 0 Å². The van der Waals surface area contributed by atoms with Crippen molar-refractivity contribution in [2.24, 2.45) is 0 Å². The molecule has 0 spiro atoms. The number of nitrogens with one attached hydrogen (secondary N) is 4. The normalized spacial score (nSPS) is 18.0. The maximum atomic E-state index is 5.24. The first kappa shape index (κ1) is 15.5. The predicted octanol–water partition coefficient (Wildman–Crippen LogP) is -1.17. The molecule has 2 heterocycles. The minimum atomic E-state index is 0.682. The van der Waals surface area contributed by atoms with Gasteiger partial charge in [0.25, 0.3) is 0 Å². The van der Waals surface area contributed by atoms with E-state index >= 15 is 0 Å². The molecule has 2 saturated heterocycles. The maximum Gasteiger partial charge on any atom is 0.169 e. The Morgan fingerprint density at radius 2 is 1.40 bits per heavy atom. The van der Waals surface area contributed by atoms with Gasteiger partial charge in [-0.1, -0.05) is 0 Å². The van der Waals surface area contributed by atoms with Crippen LogP contribution in [-0.4, -0.2) is 77.5 Å². The van der Waals surface area contributed by atoms with Crippen molar-refractivity contribution >= 4 is 52.0 Å². The third-order valence-electron chi connectivity index (χ3n) is 3.22. The molecular weight excluding hydrogens is 312 g/mol. The molecule has 0 saturated carbocycles. The van der Waals surface area contributed by atoms with Crippen molar-refractivity contribution < 1.29 is 0 Å². The Labute approximate surface area is 135 Å². The summed E-state index contributed by atoms with van der Waals surface area (Å²) in [5, 5.41) is 15.0. The molecule has 0 aromatic heterocycles. The topological polar surface area (TPSA) is 54.6 Å². The van der Waals surface area contributed by atoms with Crippen LogP contribution in [0.5, 0.6) is 0 Å². The number of hydrogen-bond donors (Lipinski definition) is 4. The zero-order valence-electron chi connectivity index (χ0n) is 11.3. The largest absolute Gasteiger partial charge is 0.361 e. The minimum Gasteiger partial charge on any atom is -0.361 e. The highest BCUT2D eigenvalue weighted by Crippen LogP contribution is 1.96. The molecule has 0 radical (unpaired) electrons. The van der Waals surface area contributed by atoms with Gasteiger partial charge in [0.2, 0.25) is 0 Å². The minimum absolute atomic E-state index is 0.682. The zero-order valence-corrected chi connectivity index (χ0v) is 13.7. The van der Waals surface area contributed by atoms with Gasteiger partial charge in [0.05, 0.1) is 0 Å². The van der Waals surface area contributed by atoms with E-state index in [1.807, 2.05) is 0 Å². The second-order valence-corrected chi connectivity index (χ2v) is 5.80. The standard InChI is InChI=1S/C11H20N6S3/c18-9(12-1-5-16-7-3-14-10(16)19)13-2-6-17-8-4-15-11(17)20/h1-8H2,(H,14,19)(H,15,20)(H2,12,13,18). The van der Waals surface area contributed by atoms with E-state index in [1.54, 1.807) is 0 Å². The lowest BCUT2D eigenvalue weighted by Crippen LogP contribution is -2.43. The van der Waals surface area contributed by atoms with Crippen LogP contribution in [0.1, 0.15) is 0 Å². The Hall–Kier alpha value is -0.930. The smallest absolute Gasteiger partial charge is 0.169 e. The molecule has 20 heavy (non-hydrogen) atoms. The van der Waals surface area contributed by atoms with Crippen LogP contribution in [-0.2, 0) is 0 Å². The van der Waals surface area contributed by atoms with Gasteiger partial charge in [-0.25, -0.2) is 0 Å². The lowest BCUT2D eigenvalue weighted by Gasteiger charge is -2.19. The molecular formula is C11H20N6S3. The van der Waals surface area contributed by atoms with Crippen LogP contribution in [0.25, 0.3) is 0 Å². The molecule has 0 atom stereocenters. The van der Waals surface area contributed by atoms with Gasteiger partial charge in [-0.2, -0.15) is 0 Å². The Balaban J connectivity index is 1.52. The molecule has 0 amide bonds. The summed E-state index contributed by atoms with van der Waals surface area (Å²) in [4.78, 5) is 4.28. The molecule has 0 aromatic rings. The molecule has 2 aliphatic rings. The first-order valence-corrected chi connectivity index (χ1v) is 7.96. The van der Waals surface area contributed by atoms with Crippen LogP contribution >= 0.6 is 36.7 Å². The van der Waals surface area contributed by atoms with Gasteiger partial charge < -0.3 is 31.1 Å². The van der Waals surface area contributed by atoms with Gasteiger partial charge in [-0.05, 0) is 36.7 Å². The summed E-state index contributed by atoms with van der Waals surface area (Å²) >= 11 is 15.6. The average molecular weight is 333 g/mol. The van der Waals surface area contributed by atoms with E-state index < -0.39 is 0 Å². The quantitative estimate of drug-likeness (QED) is 0.451. The van der Waals surface area contributed by atoms with E-state index in [9.17, 15) is 0 Å². The summed E-state index contributed by atoms with van der Waals surface area (Å²) in [6, 6.07) is 0. The first-order valence-electron chi connectivity index (χ1n) is 6.74. The number of nitrogens with zero attached hydrogens (tertiary/aromatic N) is 2. The third kappa shape index (κ3) is 4.57. The van der Waals surface area contributed by atoms with E-state index in [1.165, 1.54) is 0 Å². The second kappa shape index (κ2) is 7.75. The first-order chi connectivity index (χ1) is 9.66. The highest BCUT2D eigenvalue weighted by atomic mass is 32.1. The Morgan fingerprint density at radius 1 is 0.950 bits per heavy atom. The molecule has 0 bridgehead atoms. The third-order valence-corrected chi connectivity index (χ3v) is 4.32. The molecule has 9 heteroatoms. The highest BCUT2D eigenvalue weighted by molar-refractivity contribution is 7.80. The monoisotopic (exact) mass is 332 g/mol. The maximum absolute atomic E-state index is 5.24. The van der Waals surface area contributed by atoms with Crippen molar-refractivity contribution in [1.82, 2.24) is 31.1 Å². The van der Waals surface area contributed by atoms with E-state index in [0.717, 1.165) is 62.6 Å². The summed E-state index contributed by atoms with van der Waals surface area (Å²) in [5.41, 5.74) is 0. The van der Waals surface area contributed by atoms with E-state index in [-0.39, 0.29) is 0 Å². The van der Waals surface area contributed by atoms with Gasteiger partial charge in [0, 0.05) is 52.4 Å². The molecule has 0 unspecified atom stereocenters. The van der Waals surface area contributed by atoms with Gasteiger partial charge in [-0.15, -0.1) is 0 Å². The Kier molecular flexibility index (Phi) is 5.99. The van der Waals surface area contributed by atoms with Crippen molar-refractivity contribution in [3.63, 3.8) is 0 Å². The molecule has 2 fully saturated rings. The van der Waals surface area contributed by atoms with Gasteiger partial charge >= 0.3 is 0 Å². The number of rotatable bonds is 6. The fourth-order valence-electron chi connectivity index (χ4n) is 2.12. The summed E-state index contributed by atoms with van der Waals surface area (Å²) in [6.07, 6.45) is 0. The van der Waals surface area contributed by atoms with Crippen LogP contribution in [0.4, 0.5) is 0 Å². The lowest BCUT2D eigenvalue weighted by molar-refractivity contribution is 0.462. The molecule has 4 N–H and O–H groups in total. The number of thiocarbonyl (C=S) groups is 3. The summed E-state index contributed by atoms with van der Waals surface area (Å²) < 4.78 is 0. The van der Waals surface area contributed by atoms with Crippen LogP contribution in [0, 0.1) is 0 Å². The SMILES string of the molecule is S=C(NCCN1CCNC1=S)NCCN1CCNC1=S. The fraction of sp³-hybridized carbons (Fsp3) is 0.727. The fourth-order valence-corrected chi connectivity index (χ4v) is 2.89. The van der Waals surface area contributed by atoms with E-state index in [0.29, 0.717) is 5.11 Å². The highest BCUT2D eigenvalue weighted by Gasteiger charge is 2.15. The van der Waals surface area contributed by atoms with Crippen molar-refractivity contribution in [3.8, 4) is 0 Å². The van der Waals surface area contributed by atoms with Crippen LogP contribution in [0.15, 0.2) is 0 Å². The van der Waals surface area contributed by atoms with Crippen molar-refractivity contribution in [3.05, 3.63) is 0 Å². The van der Waals surface area contributed by atoms with Crippen molar-refractivity contribution in [2.75, 3.05) is 52.4 Å². The van der Waals surface area contributed by atoms with Crippen molar-refractivity contribution in [2.45, 2.75) is 0 Å². The van der Waals surface area contributed by atoms with E-state index in [2.05, 4.69) is 31.1 Å². The summed E-state index contributed by atoms with van der Waals surface area (Å²) in [6.45, 7) is 7.13. The average Bonchev–Trinajstić information content (AvgIpc) is 3.00. The lowest BCUT2D eigenvalue weighted by atomic mass is 10.5. The molecule has 2 aliphatic heterocycles. The molecule has 0 aliphatic carbocycles. The second-order valence-electron chi connectivity index (χ2n) is 4.62. The zero-order chi connectivity index (χ0) is 14.4. The van der Waals surface area contributed by atoms with E-state index in [4.69, 9.17) is 36.7 Å². The molecule has 6 nitrogen and oxygen atoms in total. The summed E-state index contributed by atoms with van der Waals surface area (Å²) in [5.74, 6) is 0. The van der Waals surface area contributed by atoms with Gasteiger partial charge in [0.1, 0.15) is 0 Å². The Morgan fingerprint density at radius 3 is 1.75 bits per heavy atom. The van der Waals surface area contributed by atoms with Crippen LogP contribution < -0.4 is 21.3 Å². The summed E-state index contributed by atoms with van der Waals surface area (Å²) in [7, 11) is 0. The molecule has 2 rings (SSSR count). The molecule has 0 aromatic carbocycles. The van der Waals surface area contributed by atoms with Crippen LogP contribution in [0.3, 0.4) is 0 Å². The Bertz CT molecular complexity index is 354. The van der Waals surface area contributed by atoms with Crippen molar-refractivity contribution in [1.29, 1.82) is 0 Å². The van der Waals surface area contributed by atoms with Gasteiger partial charge in [0.15, 0.2) is 15.3 Å².